The molecule has 0 spiro atoms. The first-order valence-electron chi connectivity index (χ1n) is 7.84. The Hall–Kier alpha value is -0.560. The molecule has 1 nitrogen and oxygen atoms in total. The van der Waals surface area contributed by atoms with Gasteiger partial charge in [-0.3, -0.25) is 0 Å². The second-order valence-corrected chi connectivity index (χ2v) is 6.26. The molecule has 0 amide bonds. The Morgan fingerprint density at radius 1 is 1.33 bits per heavy atom. The Morgan fingerprint density at radius 3 is 2.72 bits per heavy atom. The number of rotatable bonds is 7. The molecule has 0 radical (unpaired) electrons. The van der Waals surface area contributed by atoms with Gasteiger partial charge in [0.15, 0.2) is 0 Å². The summed E-state index contributed by atoms with van der Waals surface area (Å²) in [6.07, 6.45) is 17.1. The van der Waals surface area contributed by atoms with Crippen LogP contribution in [-0.4, -0.2) is 12.1 Å². The van der Waals surface area contributed by atoms with Gasteiger partial charge in [0.25, 0.3) is 0 Å². The molecule has 2 aliphatic carbocycles. The fourth-order valence-electron chi connectivity index (χ4n) is 3.07. The van der Waals surface area contributed by atoms with Gasteiger partial charge in [-0.1, -0.05) is 56.4 Å². The fourth-order valence-corrected chi connectivity index (χ4v) is 3.07. The summed E-state index contributed by atoms with van der Waals surface area (Å²) in [5.74, 6) is 1.05. The fraction of sp³-hybridized carbons (Fsp3) is 0.765. The zero-order valence-corrected chi connectivity index (χ0v) is 12.0. The van der Waals surface area contributed by atoms with Gasteiger partial charge in [0, 0.05) is 12.1 Å². The summed E-state index contributed by atoms with van der Waals surface area (Å²) in [5.41, 5.74) is 1.31. The molecule has 0 bridgehead atoms. The van der Waals surface area contributed by atoms with Crippen molar-refractivity contribution in [2.45, 2.75) is 76.8 Å². The van der Waals surface area contributed by atoms with Crippen molar-refractivity contribution in [2.24, 2.45) is 5.92 Å². The molecule has 102 valence electrons. The van der Waals surface area contributed by atoms with Crippen LogP contribution < -0.4 is 5.32 Å². The summed E-state index contributed by atoms with van der Waals surface area (Å²) in [4.78, 5) is 0. The molecule has 0 aromatic rings. The van der Waals surface area contributed by atoms with Gasteiger partial charge in [-0.2, -0.15) is 0 Å². The van der Waals surface area contributed by atoms with E-state index in [1.165, 1.54) is 63.4 Å². The number of allylic oxidation sites excluding steroid dienone is 1. The maximum atomic E-state index is 4.17. The van der Waals surface area contributed by atoms with E-state index in [9.17, 15) is 0 Å². The van der Waals surface area contributed by atoms with Crippen LogP contribution in [0, 0.1) is 5.92 Å². The highest BCUT2D eigenvalue weighted by Gasteiger charge is 2.19. The summed E-state index contributed by atoms with van der Waals surface area (Å²) in [7, 11) is 0. The monoisotopic (exact) mass is 247 g/mol. The van der Waals surface area contributed by atoms with Crippen LogP contribution in [-0.2, 0) is 0 Å². The van der Waals surface area contributed by atoms with Crippen molar-refractivity contribution in [3.8, 4) is 0 Å². The molecule has 0 saturated heterocycles. The molecule has 1 saturated carbocycles. The molecule has 1 N–H and O–H groups in total. The van der Waals surface area contributed by atoms with Crippen molar-refractivity contribution in [1.82, 2.24) is 5.32 Å². The average molecular weight is 247 g/mol. The van der Waals surface area contributed by atoms with Crippen LogP contribution in [0.25, 0.3) is 0 Å². The van der Waals surface area contributed by atoms with E-state index < -0.39 is 0 Å². The minimum absolute atomic E-state index is 0.526. The van der Waals surface area contributed by atoms with Gasteiger partial charge >= 0.3 is 0 Å². The highest BCUT2D eigenvalue weighted by atomic mass is 14.9. The Morgan fingerprint density at radius 2 is 2.17 bits per heavy atom. The van der Waals surface area contributed by atoms with Crippen LogP contribution in [0.1, 0.15) is 64.7 Å². The van der Waals surface area contributed by atoms with E-state index in [2.05, 4.69) is 31.0 Å². The van der Waals surface area contributed by atoms with Crippen molar-refractivity contribution < 1.29 is 0 Å². The minimum atomic E-state index is 0.526. The van der Waals surface area contributed by atoms with Crippen LogP contribution in [0.2, 0.25) is 0 Å². The van der Waals surface area contributed by atoms with Crippen molar-refractivity contribution >= 4 is 0 Å². The van der Waals surface area contributed by atoms with Crippen molar-refractivity contribution in [3.05, 3.63) is 24.3 Å². The molecule has 1 heteroatoms. The molecule has 0 heterocycles. The standard InChI is InChI=1S/C17H29N/c1-14(2)17(13-7-10-15-8-6-9-15)18-16-11-4-3-5-12-16/h4,11,15-18H,1,3,5-10,12-13H2,2H3. The van der Waals surface area contributed by atoms with E-state index in [-0.39, 0.29) is 0 Å². The lowest BCUT2D eigenvalue weighted by atomic mass is 9.81. The van der Waals surface area contributed by atoms with E-state index in [1.54, 1.807) is 0 Å². The third-order valence-electron chi connectivity index (χ3n) is 4.59. The van der Waals surface area contributed by atoms with Crippen molar-refractivity contribution in [1.29, 1.82) is 0 Å². The van der Waals surface area contributed by atoms with Crippen LogP contribution in [0.4, 0.5) is 0 Å². The third-order valence-corrected chi connectivity index (χ3v) is 4.59. The third kappa shape index (κ3) is 4.28. The van der Waals surface area contributed by atoms with Gasteiger partial charge in [0.1, 0.15) is 0 Å². The second kappa shape index (κ2) is 7.13. The predicted molar refractivity (Wildman–Crippen MR) is 79.7 cm³/mol. The first kappa shape index (κ1) is 13.9. The van der Waals surface area contributed by atoms with E-state index >= 15 is 0 Å². The summed E-state index contributed by atoms with van der Waals surface area (Å²) >= 11 is 0. The second-order valence-electron chi connectivity index (χ2n) is 6.26. The lowest BCUT2D eigenvalue weighted by Gasteiger charge is -2.28. The van der Waals surface area contributed by atoms with Crippen LogP contribution >= 0.6 is 0 Å². The topological polar surface area (TPSA) is 12.0 Å². The summed E-state index contributed by atoms with van der Waals surface area (Å²) in [6, 6.07) is 1.11. The number of nitrogens with one attached hydrogen (secondary N) is 1. The van der Waals surface area contributed by atoms with Gasteiger partial charge < -0.3 is 5.32 Å². The molecule has 2 unspecified atom stereocenters. The highest BCUT2D eigenvalue weighted by molar-refractivity contribution is 5.06. The van der Waals surface area contributed by atoms with Crippen molar-refractivity contribution in [3.63, 3.8) is 0 Å². The molecule has 18 heavy (non-hydrogen) atoms. The van der Waals surface area contributed by atoms with Crippen LogP contribution in [0.3, 0.4) is 0 Å². The maximum absolute atomic E-state index is 4.17. The lowest BCUT2D eigenvalue weighted by molar-refractivity contribution is 0.282. The van der Waals surface area contributed by atoms with Crippen LogP contribution in [0.5, 0.6) is 0 Å². The normalized spacial score (nSPS) is 25.7. The van der Waals surface area contributed by atoms with E-state index in [0.717, 1.165) is 5.92 Å². The van der Waals surface area contributed by atoms with E-state index in [1.807, 2.05) is 0 Å². The smallest absolute Gasteiger partial charge is 0.0279 e. The van der Waals surface area contributed by atoms with Gasteiger partial charge in [-0.15, -0.1) is 0 Å². The molecule has 1 fully saturated rings. The maximum Gasteiger partial charge on any atom is 0.0279 e. The Kier molecular flexibility index (Phi) is 5.49. The van der Waals surface area contributed by atoms with Gasteiger partial charge in [-0.05, 0) is 38.5 Å². The molecule has 0 aromatic carbocycles. The van der Waals surface area contributed by atoms with Gasteiger partial charge in [-0.25, -0.2) is 0 Å². The van der Waals surface area contributed by atoms with Gasteiger partial charge in [0.2, 0.25) is 0 Å². The Balaban J connectivity index is 1.70. The molecule has 2 rings (SSSR count). The molecular formula is C17H29N. The molecule has 0 aliphatic heterocycles. The highest BCUT2D eigenvalue weighted by Crippen LogP contribution is 2.31. The summed E-state index contributed by atoms with van der Waals surface area (Å²) in [6.45, 7) is 6.34. The number of hydrogen-bond acceptors (Lipinski definition) is 1. The molecule has 2 atom stereocenters. The largest absolute Gasteiger partial charge is 0.304 e. The zero-order valence-electron chi connectivity index (χ0n) is 12.0. The van der Waals surface area contributed by atoms with E-state index in [4.69, 9.17) is 0 Å². The van der Waals surface area contributed by atoms with Crippen molar-refractivity contribution in [2.75, 3.05) is 0 Å². The predicted octanol–water partition coefficient (Wildman–Crippen LogP) is 4.60. The Bertz CT molecular complexity index is 288. The first-order valence-corrected chi connectivity index (χ1v) is 7.84. The lowest BCUT2D eigenvalue weighted by Crippen LogP contribution is -2.38. The molecule has 0 aromatic heterocycles. The van der Waals surface area contributed by atoms with Crippen LogP contribution in [0.15, 0.2) is 24.3 Å². The zero-order chi connectivity index (χ0) is 12.8. The number of hydrogen-bond donors (Lipinski definition) is 1. The van der Waals surface area contributed by atoms with E-state index in [0.29, 0.717) is 12.1 Å². The summed E-state index contributed by atoms with van der Waals surface area (Å²) in [5, 5.41) is 3.78. The van der Waals surface area contributed by atoms with Gasteiger partial charge in [0.05, 0.1) is 0 Å². The summed E-state index contributed by atoms with van der Waals surface area (Å²) < 4.78 is 0. The molecular weight excluding hydrogens is 218 g/mol. The average Bonchev–Trinajstić information content (AvgIpc) is 2.32. The minimum Gasteiger partial charge on any atom is -0.304 e. The Labute approximate surface area is 113 Å². The first-order chi connectivity index (χ1) is 8.75. The SMILES string of the molecule is C=C(C)C(CCCC1CCC1)NC1C=CCCC1. The quantitative estimate of drug-likeness (QED) is 0.648. The molecule has 2 aliphatic rings.